The van der Waals surface area contributed by atoms with Crippen LogP contribution in [0.1, 0.15) is 37.0 Å². The minimum Gasteiger partial charge on any atom is -0.389 e. The van der Waals surface area contributed by atoms with E-state index >= 15 is 0 Å². The summed E-state index contributed by atoms with van der Waals surface area (Å²) in [5.41, 5.74) is 2.34. The summed E-state index contributed by atoms with van der Waals surface area (Å²) in [5, 5.41) is 9.69. The van der Waals surface area contributed by atoms with Crippen LogP contribution in [0.15, 0.2) is 12.1 Å². The molecule has 1 saturated heterocycles. The molecule has 0 spiro atoms. The fourth-order valence-corrected chi connectivity index (χ4v) is 2.25. The molecule has 88 valence electrons. The van der Waals surface area contributed by atoms with Crippen LogP contribution in [0, 0.1) is 12.7 Å². The normalized spacial score (nSPS) is 17.9. The molecule has 2 rings (SSSR count). The molecule has 0 amide bonds. The average molecular weight is 223 g/mol. The number of halogens is 1. The van der Waals surface area contributed by atoms with E-state index in [0.717, 1.165) is 18.8 Å². The van der Waals surface area contributed by atoms with Crippen LogP contribution >= 0.6 is 0 Å². The van der Waals surface area contributed by atoms with Crippen molar-refractivity contribution >= 4 is 5.69 Å². The van der Waals surface area contributed by atoms with Crippen molar-refractivity contribution in [1.29, 1.82) is 0 Å². The quantitative estimate of drug-likeness (QED) is 0.833. The first-order valence-corrected chi connectivity index (χ1v) is 5.82. The number of aliphatic hydroxyl groups excluding tert-OH is 1. The predicted molar refractivity (Wildman–Crippen MR) is 63.2 cm³/mol. The van der Waals surface area contributed by atoms with E-state index in [1.54, 1.807) is 13.8 Å². The molecule has 0 saturated carbocycles. The van der Waals surface area contributed by atoms with Crippen LogP contribution in [0.2, 0.25) is 0 Å². The molecular formula is C13H18FNO. The number of anilines is 1. The molecule has 1 aromatic rings. The number of aliphatic hydroxyl groups is 1. The van der Waals surface area contributed by atoms with E-state index in [2.05, 4.69) is 4.90 Å². The van der Waals surface area contributed by atoms with Crippen molar-refractivity contribution in [1.82, 2.24) is 0 Å². The summed E-state index contributed by atoms with van der Waals surface area (Å²) in [6, 6.07) is 3.32. The van der Waals surface area contributed by atoms with Gasteiger partial charge in [0, 0.05) is 24.3 Å². The molecule has 1 fully saturated rings. The van der Waals surface area contributed by atoms with Crippen molar-refractivity contribution in [3.05, 3.63) is 29.1 Å². The summed E-state index contributed by atoms with van der Waals surface area (Å²) >= 11 is 0. The molecule has 1 atom stereocenters. The Morgan fingerprint density at radius 2 is 1.94 bits per heavy atom. The van der Waals surface area contributed by atoms with E-state index in [9.17, 15) is 9.50 Å². The van der Waals surface area contributed by atoms with Gasteiger partial charge in [-0.25, -0.2) is 4.39 Å². The summed E-state index contributed by atoms with van der Waals surface area (Å²) < 4.78 is 13.5. The summed E-state index contributed by atoms with van der Waals surface area (Å²) in [6.45, 7) is 5.46. The van der Waals surface area contributed by atoms with E-state index < -0.39 is 6.10 Å². The largest absolute Gasteiger partial charge is 0.389 e. The van der Waals surface area contributed by atoms with Gasteiger partial charge >= 0.3 is 0 Å². The Morgan fingerprint density at radius 3 is 2.50 bits per heavy atom. The minimum atomic E-state index is -0.620. The highest BCUT2D eigenvalue weighted by Gasteiger charge is 2.19. The standard InChI is InChI=1S/C13H18FNO/c1-9-7-13(15-5-3-4-6-15)11(10(2)16)8-12(9)14/h7-8,10,16H,3-6H2,1-2H3/t10-/m1/s1. The van der Waals surface area contributed by atoms with Crippen molar-refractivity contribution in [2.24, 2.45) is 0 Å². The Hall–Kier alpha value is -1.09. The first-order valence-electron chi connectivity index (χ1n) is 5.82. The summed E-state index contributed by atoms with van der Waals surface area (Å²) in [4.78, 5) is 2.23. The summed E-state index contributed by atoms with van der Waals surface area (Å²) in [7, 11) is 0. The van der Waals surface area contributed by atoms with Gasteiger partial charge in [0.1, 0.15) is 5.82 Å². The monoisotopic (exact) mass is 223 g/mol. The van der Waals surface area contributed by atoms with Gasteiger partial charge in [0.15, 0.2) is 0 Å². The van der Waals surface area contributed by atoms with Crippen molar-refractivity contribution in [2.45, 2.75) is 32.8 Å². The molecule has 1 N–H and O–H groups in total. The van der Waals surface area contributed by atoms with Crippen LogP contribution in [-0.4, -0.2) is 18.2 Å². The Bertz CT molecular complexity index is 384. The number of hydrogen-bond donors (Lipinski definition) is 1. The fraction of sp³-hybridized carbons (Fsp3) is 0.538. The lowest BCUT2D eigenvalue weighted by Crippen LogP contribution is -2.20. The Balaban J connectivity index is 2.44. The van der Waals surface area contributed by atoms with E-state index in [1.807, 2.05) is 6.07 Å². The zero-order chi connectivity index (χ0) is 11.7. The third-order valence-corrected chi connectivity index (χ3v) is 3.20. The molecule has 1 heterocycles. The van der Waals surface area contributed by atoms with Crippen LogP contribution in [0.5, 0.6) is 0 Å². The van der Waals surface area contributed by atoms with Gasteiger partial charge in [0.25, 0.3) is 0 Å². The summed E-state index contributed by atoms with van der Waals surface area (Å²) in [5.74, 6) is -0.237. The van der Waals surface area contributed by atoms with Crippen LogP contribution in [0.3, 0.4) is 0 Å². The van der Waals surface area contributed by atoms with Crippen molar-refractivity contribution in [3.63, 3.8) is 0 Å². The van der Waals surface area contributed by atoms with Crippen molar-refractivity contribution in [3.8, 4) is 0 Å². The zero-order valence-corrected chi connectivity index (χ0v) is 9.83. The molecule has 1 aliphatic rings. The van der Waals surface area contributed by atoms with E-state index in [4.69, 9.17) is 0 Å². The molecule has 3 heteroatoms. The van der Waals surface area contributed by atoms with Crippen LogP contribution in [0.25, 0.3) is 0 Å². The third kappa shape index (κ3) is 2.05. The minimum absolute atomic E-state index is 0.237. The van der Waals surface area contributed by atoms with E-state index in [1.165, 1.54) is 18.9 Å². The average Bonchev–Trinajstić information content (AvgIpc) is 2.74. The molecular weight excluding hydrogens is 205 g/mol. The molecule has 0 bridgehead atoms. The lowest BCUT2D eigenvalue weighted by atomic mass is 10.0. The Kier molecular flexibility index (Phi) is 3.15. The summed E-state index contributed by atoms with van der Waals surface area (Å²) in [6.07, 6.45) is 1.73. The molecule has 0 radical (unpaired) electrons. The third-order valence-electron chi connectivity index (χ3n) is 3.20. The molecule has 1 aliphatic heterocycles. The molecule has 0 aliphatic carbocycles. The van der Waals surface area contributed by atoms with Gasteiger partial charge in [-0.2, -0.15) is 0 Å². The Labute approximate surface area is 95.7 Å². The number of nitrogens with zero attached hydrogens (tertiary/aromatic N) is 1. The lowest BCUT2D eigenvalue weighted by Gasteiger charge is -2.23. The van der Waals surface area contributed by atoms with Gasteiger partial charge in [-0.15, -0.1) is 0 Å². The lowest BCUT2D eigenvalue weighted by molar-refractivity contribution is 0.199. The smallest absolute Gasteiger partial charge is 0.126 e. The maximum atomic E-state index is 13.5. The second kappa shape index (κ2) is 4.42. The highest BCUT2D eigenvalue weighted by atomic mass is 19.1. The second-order valence-corrected chi connectivity index (χ2v) is 4.53. The fourth-order valence-electron chi connectivity index (χ4n) is 2.25. The first-order chi connectivity index (χ1) is 7.59. The number of hydrogen-bond acceptors (Lipinski definition) is 2. The van der Waals surface area contributed by atoms with Crippen molar-refractivity contribution < 1.29 is 9.50 Å². The highest BCUT2D eigenvalue weighted by molar-refractivity contribution is 5.57. The van der Waals surface area contributed by atoms with Crippen molar-refractivity contribution in [2.75, 3.05) is 18.0 Å². The maximum absolute atomic E-state index is 13.5. The SMILES string of the molecule is Cc1cc(N2CCCC2)c([C@@H](C)O)cc1F. The van der Waals surface area contributed by atoms with Gasteiger partial charge in [-0.05, 0) is 44.4 Å². The van der Waals surface area contributed by atoms with Gasteiger partial charge in [0.05, 0.1) is 6.10 Å². The van der Waals surface area contributed by atoms with Crippen LogP contribution in [-0.2, 0) is 0 Å². The second-order valence-electron chi connectivity index (χ2n) is 4.53. The Morgan fingerprint density at radius 1 is 1.31 bits per heavy atom. The van der Waals surface area contributed by atoms with Gasteiger partial charge in [-0.3, -0.25) is 0 Å². The number of aryl methyl sites for hydroxylation is 1. The number of benzene rings is 1. The number of rotatable bonds is 2. The van der Waals surface area contributed by atoms with Gasteiger partial charge < -0.3 is 10.0 Å². The van der Waals surface area contributed by atoms with E-state index in [0.29, 0.717) is 11.1 Å². The van der Waals surface area contributed by atoms with Crippen LogP contribution < -0.4 is 4.90 Å². The molecule has 16 heavy (non-hydrogen) atoms. The maximum Gasteiger partial charge on any atom is 0.126 e. The topological polar surface area (TPSA) is 23.5 Å². The highest BCUT2D eigenvalue weighted by Crippen LogP contribution is 2.31. The molecule has 1 aromatic carbocycles. The van der Waals surface area contributed by atoms with Gasteiger partial charge in [0.2, 0.25) is 0 Å². The van der Waals surface area contributed by atoms with Gasteiger partial charge in [-0.1, -0.05) is 0 Å². The molecule has 0 unspecified atom stereocenters. The predicted octanol–water partition coefficient (Wildman–Crippen LogP) is 2.79. The molecule has 0 aromatic heterocycles. The van der Waals surface area contributed by atoms with E-state index in [-0.39, 0.29) is 5.82 Å². The first kappa shape index (κ1) is 11.4. The zero-order valence-electron chi connectivity index (χ0n) is 9.83. The van der Waals surface area contributed by atoms with Crippen LogP contribution in [0.4, 0.5) is 10.1 Å². The molecule has 2 nitrogen and oxygen atoms in total.